The standard InChI is InChI=1S/C9H7N.C4H6O4/c1-2-4-9-7-10-6-5-8(9)3-1;5-3(6)1-2-4(7)8/h1-7H;1-2H2,(H,5,6)(H,7,8). The summed E-state index contributed by atoms with van der Waals surface area (Å²) in [6.07, 6.45) is 3.09. The van der Waals surface area contributed by atoms with Gasteiger partial charge in [-0.1, -0.05) is 24.3 Å². The van der Waals surface area contributed by atoms with Crippen LogP contribution in [0, 0.1) is 0 Å². The molecule has 0 aliphatic carbocycles. The Hall–Kier alpha value is -2.43. The summed E-state index contributed by atoms with van der Waals surface area (Å²) in [5, 5.41) is 18.2. The van der Waals surface area contributed by atoms with Crippen LogP contribution in [0.15, 0.2) is 42.7 Å². The monoisotopic (exact) mass is 247 g/mol. The average Bonchev–Trinajstić information content (AvgIpc) is 2.37. The topological polar surface area (TPSA) is 87.5 Å². The minimum atomic E-state index is -1.08. The quantitative estimate of drug-likeness (QED) is 0.867. The number of carboxylic acid groups (broad SMARTS) is 2. The molecule has 0 radical (unpaired) electrons. The molecule has 0 saturated carbocycles. The van der Waals surface area contributed by atoms with Gasteiger partial charge in [-0.3, -0.25) is 14.6 Å². The highest BCUT2D eigenvalue weighted by atomic mass is 16.4. The van der Waals surface area contributed by atoms with E-state index in [9.17, 15) is 9.59 Å². The van der Waals surface area contributed by atoms with Crippen LogP contribution in [-0.2, 0) is 9.59 Å². The lowest BCUT2D eigenvalue weighted by molar-refractivity contribution is -0.143. The van der Waals surface area contributed by atoms with Gasteiger partial charge >= 0.3 is 11.9 Å². The fourth-order valence-electron chi connectivity index (χ4n) is 1.24. The lowest BCUT2D eigenvalue weighted by atomic mass is 10.2. The molecule has 1 heterocycles. The summed E-state index contributed by atoms with van der Waals surface area (Å²) in [7, 11) is 0. The van der Waals surface area contributed by atoms with Crippen LogP contribution in [0.4, 0.5) is 0 Å². The smallest absolute Gasteiger partial charge is 0.303 e. The van der Waals surface area contributed by atoms with Gasteiger partial charge < -0.3 is 10.2 Å². The minimum Gasteiger partial charge on any atom is -0.481 e. The molecule has 5 heteroatoms. The minimum absolute atomic E-state index is 0.296. The molecule has 2 aromatic rings. The van der Waals surface area contributed by atoms with Gasteiger partial charge in [0.1, 0.15) is 0 Å². The molecule has 0 saturated heterocycles. The van der Waals surface area contributed by atoms with Crippen molar-refractivity contribution in [2.45, 2.75) is 12.8 Å². The highest BCUT2D eigenvalue weighted by Crippen LogP contribution is 2.09. The molecule has 1 aromatic carbocycles. The highest BCUT2D eigenvalue weighted by molar-refractivity contribution is 5.81. The Kier molecular flexibility index (Phi) is 5.31. The van der Waals surface area contributed by atoms with Crippen LogP contribution in [0.25, 0.3) is 10.8 Å². The molecule has 2 N–H and O–H groups in total. The maximum Gasteiger partial charge on any atom is 0.303 e. The number of carboxylic acids is 2. The van der Waals surface area contributed by atoms with Gasteiger partial charge in [0.25, 0.3) is 0 Å². The summed E-state index contributed by atoms with van der Waals surface area (Å²) in [6.45, 7) is 0. The lowest BCUT2D eigenvalue weighted by Crippen LogP contribution is -2.00. The van der Waals surface area contributed by atoms with Crippen LogP contribution in [0.3, 0.4) is 0 Å². The summed E-state index contributed by atoms with van der Waals surface area (Å²) in [5.74, 6) is -2.15. The number of hydrogen-bond donors (Lipinski definition) is 2. The van der Waals surface area contributed by atoms with Crippen molar-refractivity contribution in [3.63, 3.8) is 0 Å². The van der Waals surface area contributed by atoms with Gasteiger partial charge in [-0.25, -0.2) is 0 Å². The Morgan fingerprint density at radius 2 is 1.50 bits per heavy atom. The van der Waals surface area contributed by atoms with E-state index in [0.717, 1.165) is 0 Å². The van der Waals surface area contributed by atoms with E-state index in [1.54, 1.807) is 0 Å². The Labute approximate surface area is 104 Å². The van der Waals surface area contributed by atoms with Crippen LogP contribution in [-0.4, -0.2) is 27.1 Å². The van der Waals surface area contributed by atoms with E-state index in [4.69, 9.17) is 10.2 Å². The molecule has 0 spiro atoms. The normalized spacial score (nSPS) is 9.33. The van der Waals surface area contributed by atoms with Crippen molar-refractivity contribution in [3.8, 4) is 0 Å². The fourth-order valence-corrected chi connectivity index (χ4v) is 1.24. The van der Waals surface area contributed by atoms with Gasteiger partial charge in [0.2, 0.25) is 0 Å². The molecular formula is C13H13NO4. The zero-order chi connectivity index (χ0) is 13.4. The molecule has 0 aliphatic rings. The first-order valence-corrected chi connectivity index (χ1v) is 5.32. The second-order valence-electron chi connectivity index (χ2n) is 3.51. The second kappa shape index (κ2) is 7.01. The van der Waals surface area contributed by atoms with Gasteiger partial charge in [0, 0.05) is 12.4 Å². The molecule has 0 atom stereocenters. The van der Waals surface area contributed by atoms with Crippen molar-refractivity contribution in [3.05, 3.63) is 42.7 Å². The van der Waals surface area contributed by atoms with E-state index in [0.29, 0.717) is 0 Å². The van der Waals surface area contributed by atoms with E-state index < -0.39 is 11.9 Å². The maximum absolute atomic E-state index is 9.64. The second-order valence-corrected chi connectivity index (χ2v) is 3.51. The van der Waals surface area contributed by atoms with Gasteiger partial charge in [0.05, 0.1) is 12.8 Å². The van der Waals surface area contributed by atoms with E-state index in [1.807, 2.05) is 30.6 Å². The molecule has 0 fully saturated rings. The predicted octanol–water partition coefficient (Wildman–Crippen LogP) is 2.17. The molecule has 94 valence electrons. The molecule has 0 aliphatic heterocycles. The predicted molar refractivity (Wildman–Crippen MR) is 66.2 cm³/mol. The van der Waals surface area contributed by atoms with E-state index in [2.05, 4.69) is 17.1 Å². The molecular weight excluding hydrogens is 234 g/mol. The molecule has 18 heavy (non-hydrogen) atoms. The third kappa shape index (κ3) is 5.07. The molecule has 5 nitrogen and oxygen atoms in total. The van der Waals surface area contributed by atoms with Crippen molar-refractivity contribution >= 4 is 22.7 Å². The summed E-state index contributed by atoms with van der Waals surface area (Å²) in [6, 6.07) is 10.2. The maximum atomic E-state index is 9.64. The Bertz CT molecular complexity index is 460. The van der Waals surface area contributed by atoms with E-state index in [1.165, 1.54) is 10.8 Å². The van der Waals surface area contributed by atoms with Gasteiger partial charge in [-0.15, -0.1) is 0 Å². The number of hydrogen-bond acceptors (Lipinski definition) is 3. The van der Waals surface area contributed by atoms with Gasteiger partial charge in [0.15, 0.2) is 0 Å². The first-order chi connectivity index (χ1) is 8.59. The van der Waals surface area contributed by atoms with Crippen LogP contribution in [0.2, 0.25) is 0 Å². The first-order valence-electron chi connectivity index (χ1n) is 5.32. The molecule has 1 aromatic heterocycles. The van der Waals surface area contributed by atoms with Crippen molar-refractivity contribution in [1.82, 2.24) is 4.98 Å². The lowest BCUT2D eigenvalue weighted by Gasteiger charge is -1.91. The number of benzene rings is 1. The van der Waals surface area contributed by atoms with Crippen molar-refractivity contribution in [2.24, 2.45) is 0 Å². The number of nitrogens with zero attached hydrogens (tertiary/aromatic N) is 1. The molecule has 0 amide bonds. The van der Waals surface area contributed by atoms with E-state index >= 15 is 0 Å². The highest BCUT2D eigenvalue weighted by Gasteiger charge is 2.00. The van der Waals surface area contributed by atoms with Gasteiger partial charge in [-0.05, 0) is 16.8 Å². The third-order valence-electron chi connectivity index (χ3n) is 2.10. The zero-order valence-electron chi connectivity index (χ0n) is 9.61. The number of rotatable bonds is 3. The number of fused-ring (bicyclic) bond motifs is 1. The fraction of sp³-hybridized carbons (Fsp3) is 0.154. The van der Waals surface area contributed by atoms with E-state index in [-0.39, 0.29) is 12.8 Å². The SMILES string of the molecule is O=C(O)CCC(=O)O.c1ccc2cnccc2c1. The van der Waals surface area contributed by atoms with Crippen molar-refractivity contribution in [1.29, 1.82) is 0 Å². The molecule has 2 rings (SSSR count). The average molecular weight is 247 g/mol. The van der Waals surface area contributed by atoms with Crippen LogP contribution in [0.1, 0.15) is 12.8 Å². The number of aromatic nitrogens is 1. The number of aliphatic carboxylic acids is 2. The Morgan fingerprint density at radius 3 is 2.00 bits per heavy atom. The van der Waals surface area contributed by atoms with Crippen LogP contribution < -0.4 is 0 Å². The van der Waals surface area contributed by atoms with Crippen molar-refractivity contribution < 1.29 is 19.8 Å². The summed E-state index contributed by atoms with van der Waals surface area (Å²) in [4.78, 5) is 23.3. The van der Waals surface area contributed by atoms with Gasteiger partial charge in [-0.2, -0.15) is 0 Å². The largest absolute Gasteiger partial charge is 0.481 e. The Morgan fingerprint density at radius 1 is 0.944 bits per heavy atom. The molecule has 0 bridgehead atoms. The first kappa shape index (κ1) is 13.6. The third-order valence-corrected chi connectivity index (χ3v) is 2.10. The summed E-state index contributed by atoms with van der Waals surface area (Å²) in [5.41, 5.74) is 0. The summed E-state index contributed by atoms with van der Waals surface area (Å²) < 4.78 is 0. The van der Waals surface area contributed by atoms with Crippen LogP contribution in [0.5, 0.6) is 0 Å². The van der Waals surface area contributed by atoms with Crippen LogP contribution >= 0.6 is 0 Å². The zero-order valence-corrected chi connectivity index (χ0v) is 9.61. The Balaban J connectivity index is 0.000000187. The van der Waals surface area contributed by atoms with Crippen molar-refractivity contribution in [2.75, 3.05) is 0 Å². The number of pyridine rings is 1. The number of carbonyl (C=O) groups is 2. The molecule has 0 unspecified atom stereocenters. The summed E-state index contributed by atoms with van der Waals surface area (Å²) >= 11 is 0.